The van der Waals surface area contributed by atoms with E-state index in [0.29, 0.717) is 18.0 Å². The van der Waals surface area contributed by atoms with E-state index in [4.69, 9.17) is 0 Å². The van der Waals surface area contributed by atoms with Crippen molar-refractivity contribution in [2.24, 2.45) is 0 Å². The van der Waals surface area contributed by atoms with E-state index >= 15 is 0 Å². The average Bonchev–Trinajstić information content (AvgIpc) is 2.70. The molecule has 0 spiro atoms. The van der Waals surface area contributed by atoms with E-state index in [1.807, 2.05) is 0 Å². The quantitative estimate of drug-likeness (QED) is 0.723. The van der Waals surface area contributed by atoms with Crippen LogP contribution in [0.5, 0.6) is 5.75 Å². The van der Waals surface area contributed by atoms with Crippen LogP contribution in [-0.2, 0) is 9.84 Å². The van der Waals surface area contributed by atoms with Crippen molar-refractivity contribution in [3.63, 3.8) is 0 Å². The molecule has 0 amide bonds. The van der Waals surface area contributed by atoms with Crippen molar-refractivity contribution >= 4 is 15.5 Å². The third-order valence-corrected chi connectivity index (χ3v) is 4.62. The Bertz CT molecular complexity index is 694. The fourth-order valence-electron chi connectivity index (χ4n) is 2.09. The smallest absolute Gasteiger partial charge is 0.161 e. The number of aromatic hydroxyl groups is 1. The molecule has 1 saturated heterocycles. The van der Waals surface area contributed by atoms with Gasteiger partial charge in [0.15, 0.2) is 21.3 Å². The van der Waals surface area contributed by atoms with Crippen LogP contribution < -0.4 is 5.32 Å². The molecule has 3 rings (SSSR count). The van der Waals surface area contributed by atoms with Gasteiger partial charge in [0.05, 0.1) is 23.7 Å². The van der Waals surface area contributed by atoms with Crippen molar-refractivity contribution in [2.75, 3.05) is 18.1 Å². The molecule has 1 unspecified atom stereocenters. The molecule has 18 heavy (non-hydrogen) atoms. The molecule has 2 N–H and O–H groups in total. The number of aromatic nitrogens is 3. The second-order valence-electron chi connectivity index (χ2n) is 4.29. The summed E-state index contributed by atoms with van der Waals surface area (Å²) in [5.74, 6) is 0.737. The van der Waals surface area contributed by atoms with Gasteiger partial charge in [-0.3, -0.25) is 4.40 Å². The highest BCUT2D eigenvalue weighted by Crippen LogP contribution is 2.19. The fraction of sp³-hybridized carbons (Fsp3) is 0.400. The summed E-state index contributed by atoms with van der Waals surface area (Å²) >= 11 is 0. The summed E-state index contributed by atoms with van der Waals surface area (Å²) in [7, 11) is -3.04. The number of hydrogen-bond acceptors (Lipinski definition) is 6. The van der Waals surface area contributed by atoms with E-state index in [-0.39, 0.29) is 23.3 Å². The Balaban J connectivity index is 2.06. The molecule has 1 fully saturated rings. The maximum atomic E-state index is 11.6. The van der Waals surface area contributed by atoms with Gasteiger partial charge in [-0.2, -0.15) is 0 Å². The van der Waals surface area contributed by atoms with E-state index in [9.17, 15) is 13.5 Å². The molecule has 7 nitrogen and oxygen atoms in total. The van der Waals surface area contributed by atoms with Gasteiger partial charge in [0.25, 0.3) is 0 Å². The van der Waals surface area contributed by atoms with Gasteiger partial charge in [-0.05, 0) is 12.1 Å². The number of nitrogens with zero attached hydrogens (tertiary/aromatic N) is 3. The summed E-state index contributed by atoms with van der Waals surface area (Å²) < 4.78 is 24.8. The molecule has 1 atom stereocenters. The molecule has 0 radical (unpaired) electrons. The average molecular weight is 268 g/mol. The first-order valence-electron chi connectivity index (χ1n) is 5.53. The molecule has 0 aliphatic carbocycles. The summed E-state index contributed by atoms with van der Waals surface area (Å²) in [6, 6.07) is 2.75. The van der Waals surface area contributed by atoms with E-state index < -0.39 is 9.84 Å². The summed E-state index contributed by atoms with van der Waals surface area (Å²) in [6.07, 6.45) is 1.48. The van der Waals surface area contributed by atoms with Crippen LogP contribution in [-0.4, -0.2) is 46.2 Å². The van der Waals surface area contributed by atoms with Crippen LogP contribution >= 0.6 is 0 Å². The first-order valence-corrected chi connectivity index (χ1v) is 7.35. The summed E-state index contributed by atoms with van der Waals surface area (Å²) in [4.78, 5) is 0. The zero-order valence-corrected chi connectivity index (χ0v) is 10.3. The Kier molecular flexibility index (Phi) is 2.49. The maximum absolute atomic E-state index is 11.6. The lowest BCUT2D eigenvalue weighted by Gasteiger charge is -2.22. The Morgan fingerprint density at radius 2 is 2.22 bits per heavy atom. The van der Waals surface area contributed by atoms with Crippen LogP contribution in [0.3, 0.4) is 0 Å². The molecule has 2 aromatic heterocycles. The molecule has 2 aromatic rings. The fourth-order valence-corrected chi connectivity index (χ4v) is 3.46. The molecule has 0 aromatic carbocycles. The van der Waals surface area contributed by atoms with Crippen molar-refractivity contribution < 1.29 is 13.5 Å². The second kappa shape index (κ2) is 3.92. The molecule has 3 heterocycles. The van der Waals surface area contributed by atoms with E-state index in [1.54, 1.807) is 10.5 Å². The Morgan fingerprint density at radius 3 is 3.00 bits per heavy atom. The molecule has 8 heteroatoms. The van der Waals surface area contributed by atoms with Crippen LogP contribution in [0.25, 0.3) is 5.65 Å². The van der Waals surface area contributed by atoms with E-state index in [0.717, 1.165) is 0 Å². The number of fused-ring (bicyclic) bond motifs is 1. The van der Waals surface area contributed by atoms with Crippen LogP contribution in [0.2, 0.25) is 0 Å². The first-order chi connectivity index (χ1) is 8.55. The molecule has 96 valence electrons. The summed E-state index contributed by atoms with van der Waals surface area (Å²) in [6.45, 7) is 0.404. The highest BCUT2D eigenvalue weighted by Gasteiger charge is 2.28. The number of pyridine rings is 1. The third kappa shape index (κ3) is 1.93. The molecular weight excluding hydrogens is 256 g/mol. The molecule has 1 aliphatic heterocycles. The van der Waals surface area contributed by atoms with Gasteiger partial charge < -0.3 is 10.4 Å². The largest absolute Gasteiger partial charge is 0.506 e. The first kappa shape index (κ1) is 11.4. The van der Waals surface area contributed by atoms with Crippen molar-refractivity contribution in [3.05, 3.63) is 24.2 Å². The van der Waals surface area contributed by atoms with Crippen molar-refractivity contribution in [1.29, 1.82) is 0 Å². The van der Waals surface area contributed by atoms with Gasteiger partial charge in [-0.25, -0.2) is 8.42 Å². The maximum Gasteiger partial charge on any atom is 0.161 e. The van der Waals surface area contributed by atoms with E-state index in [1.165, 1.54) is 12.3 Å². The zero-order valence-electron chi connectivity index (χ0n) is 9.44. The highest BCUT2D eigenvalue weighted by molar-refractivity contribution is 7.91. The van der Waals surface area contributed by atoms with Gasteiger partial charge >= 0.3 is 0 Å². The van der Waals surface area contributed by atoms with Gasteiger partial charge in [-0.15, -0.1) is 10.2 Å². The predicted octanol–water partition coefficient (Wildman–Crippen LogP) is -0.506. The van der Waals surface area contributed by atoms with E-state index in [2.05, 4.69) is 15.5 Å². The standard InChI is InChI=1S/C10H12N4O3S/c15-7-1-2-9-12-13-10(14(9)5-7)8-6-18(16,17)4-3-11-8/h1-2,5,8,11,15H,3-4,6H2. The Hall–Kier alpha value is -1.67. The Morgan fingerprint density at radius 1 is 1.39 bits per heavy atom. The summed E-state index contributed by atoms with van der Waals surface area (Å²) in [5.41, 5.74) is 0.576. The minimum Gasteiger partial charge on any atom is -0.506 e. The SMILES string of the molecule is O=S1(=O)CCNC(c2nnc3ccc(O)cn23)C1. The van der Waals surface area contributed by atoms with Crippen LogP contribution in [0, 0.1) is 0 Å². The highest BCUT2D eigenvalue weighted by atomic mass is 32.2. The normalized spacial score (nSPS) is 23.2. The number of hydrogen-bond donors (Lipinski definition) is 2. The molecular formula is C10H12N4O3S. The van der Waals surface area contributed by atoms with Crippen LogP contribution in [0.1, 0.15) is 11.9 Å². The number of rotatable bonds is 1. The lowest BCUT2D eigenvalue weighted by Crippen LogP contribution is -2.40. The summed E-state index contributed by atoms with van der Waals surface area (Å²) in [5, 5.41) is 20.5. The minimum atomic E-state index is -3.04. The molecule has 1 aliphatic rings. The van der Waals surface area contributed by atoms with Crippen LogP contribution in [0.4, 0.5) is 0 Å². The second-order valence-corrected chi connectivity index (χ2v) is 6.52. The van der Waals surface area contributed by atoms with Gasteiger partial charge in [-0.1, -0.05) is 0 Å². The topological polar surface area (TPSA) is 96.6 Å². The van der Waals surface area contributed by atoms with Gasteiger partial charge in [0.1, 0.15) is 5.75 Å². The van der Waals surface area contributed by atoms with Crippen molar-refractivity contribution in [3.8, 4) is 5.75 Å². The molecule has 0 saturated carbocycles. The van der Waals surface area contributed by atoms with Gasteiger partial charge in [0.2, 0.25) is 0 Å². The number of nitrogens with one attached hydrogen (secondary N) is 1. The molecule has 0 bridgehead atoms. The van der Waals surface area contributed by atoms with Gasteiger partial charge in [0, 0.05) is 6.54 Å². The number of sulfone groups is 1. The predicted molar refractivity (Wildman–Crippen MR) is 64.0 cm³/mol. The lowest BCUT2D eigenvalue weighted by molar-refractivity contribution is 0.469. The zero-order chi connectivity index (χ0) is 12.8. The lowest BCUT2D eigenvalue weighted by atomic mass is 10.3. The van der Waals surface area contributed by atoms with Crippen LogP contribution in [0.15, 0.2) is 18.3 Å². The monoisotopic (exact) mass is 268 g/mol. The van der Waals surface area contributed by atoms with Crippen molar-refractivity contribution in [1.82, 2.24) is 19.9 Å². The minimum absolute atomic E-state index is 0.00342. The third-order valence-electron chi connectivity index (χ3n) is 2.95. The Labute approximate surface area is 103 Å². The van der Waals surface area contributed by atoms with Crippen molar-refractivity contribution in [2.45, 2.75) is 6.04 Å².